The maximum atomic E-state index is 13.1. The molecule has 2 aromatic rings. The van der Waals surface area contributed by atoms with Gasteiger partial charge in [0.15, 0.2) is 5.17 Å². The first-order chi connectivity index (χ1) is 14.5. The lowest BCUT2D eigenvalue weighted by molar-refractivity contribution is -0.384. The third kappa shape index (κ3) is 5.22. The number of non-ortho nitro benzene ring substituents is 1. The lowest BCUT2D eigenvalue weighted by Gasteiger charge is -2.15. The Labute approximate surface area is 183 Å². The molecule has 3 rings (SSSR count). The molecule has 0 spiro atoms. The summed E-state index contributed by atoms with van der Waals surface area (Å²) in [7, 11) is 1.58. The van der Waals surface area contributed by atoms with E-state index >= 15 is 0 Å². The maximum Gasteiger partial charge on any atom is 0.270 e. The average Bonchev–Trinajstić information content (AvgIpc) is 3.03. The summed E-state index contributed by atoms with van der Waals surface area (Å²) in [5.41, 5.74) is 1.23. The summed E-state index contributed by atoms with van der Waals surface area (Å²) in [6.07, 6.45) is 4.53. The van der Waals surface area contributed by atoms with Crippen molar-refractivity contribution < 1.29 is 14.5 Å². The zero-order valence-corrected chi connectivity index (χ0v) is 18.2. The van der Waals surface area contributed by atoms with Crippen LogP contribution in [-0.4, -0.2) is 46.6 Å². The van der Waals surface area contributed by atoms with Gasteiger partial charge in [0.25, 0.3) is 11.6 Å². The molecule has 1 heterocycles. The molecule has 0 radical (unpaired) electrons. The number of nitro benzene ring substituents is 1. The first-order valence-corrected chi connectivity index (χ1v) is 11.4. The number of carbonyl (C=O) groups excluding carboxylic acids is 1. The number of carbonyl (C=O) groups is 1. The second-order valence-electron chi connectivity index (χ2n) is 6.33. The van der Waals surface area contributed by atoms with Gasteiger partial charge in [0.1, 0.15) is 11.4 Å². The summed E-state index contributed by atoms with van der Waals surface area (Å²) in [5.74, 6) is 1.40. The van der Waals surface area contributed by atoms with E-state index in [1.807, 2.05) is 30.5 Å². The molecule has 156 valence electrons. The minimum absolute atomic E-state index is 0.0143. The van der Waals surface area contributed by atoms with Gasteiger partial charge in [-0.15, -0.1) is 0 Å². The van der Waals surface area contributed by atoms with Crippen LogP contribution < -0.4 is 4.74 Å². The Kier molecular flexibility index (Phi) is 7.53. The quantitative estimate of drug-likeness (QED) is 0.248. The van der Waals surface area contributed by atoms with E-state index in [9.17, 15) is 14.9 Å². The summed E-state index contributed by atoms with van der Waals surface area (Å²) >= 11 is 2.99. The molecule has 2 aromatic carbocycles. The largest absolute Gasteiger partial charge is 0.494 e. The SMILES string of the molecule is COc1ccccc1N=C1S/C(=C\c2cccc([N+](=O)[O-])c2)C(=O)N1CCCSC. The first kappa shape index (κ1) is 21.9. The molecule has 1 saturated heterocycles. The topological polar surface area (TPSA) is 85.0 Å². The van der Waals surface area contributed by atoms with E-state index in [2.05, 4.69) is 4.99 Å². The van der Waals surface area contributed by atoms with Crippen molar-refractivity contribution in [2.45, 2.75) is 6.42 Å². The molecule has 1 aliphatic rings. The van der Waals surface area contributed by atoms with Crippen LogP contribution in [-0.2, 0) is 4.79 Å². The molecule has 0 bridgehead atoms. The molecule has 30 heavy (non-hydrogen) atoms. The smallest absolute Gasteiger partial charge is 0.270 e. The molecule has 0 atom stereocenters. The molecular formula is C21H21N3O4S2. The number of rotatable bonds is 8. The Morgan fingerprint density at radius 2 is 2.07 bits per heavy atom. The van der Waals surface area contributed by atoms with Gasteiger partial charge in [-0.25, -0.2) is 4.99 Å². The van der Waals surface area contributed by atoms with E-state index in [-0.39, 0.29) is 11.6 Å². The molecular weight excluding hydrogens is 422 g/mol. The minimum atomic E-state index is -0.449. The van der Waals surface area contributed by atoms with E-state index < -0.39 is 4.92 Å². The van der Waals surface area contributed by atoms with Gasteiger partial charge in [0, 0.05) is 18.7 Å². The van der Waals surface area contributed by atoms with Gasteiger partial charge in [0.05, 0.1) is 16.9 Å². The second-order valence-corrected chi connectivity index (χ2v) is 8.33. The first-order valence-electron chi connectivity index (χ1n) is 9.20. The molecule has 0 unspecified atom stereocenters. The van der Waals surface area contributed by atoms with Gasteiger partial charge >= 0.3 is 0 Å². The molecule has 0 aromatic heterocycles. The third-order valence-electron chi connectivity index (χ3n) is 4.30. The molecule has 9 heteroatoms. The number of para-hydroxylation sites is 2. The molecule has 1 fully saturated rings. The van der Waals surface area contributed by atoms with Crippen molar-refractivity contribution in [3.05, 3.63) is 69.1 Å². The zero-order valence-electron chi connectivity index (χ0n) is 16.6. The molecule has 1 amide bonds. The van der Waals surface area contributed by atoms with E-state index in [0.717, 1.165) is 12.2 Å². The predicted octanol–water partition coefficient (Wildman–Crippen LogP) is 4.96. The van der Waals surface area contributed by atoms with Crippen LogP contribution in [0, 0.1) is 10.1 Å². The maximum absolute atomic E-state index is 13.1. The fourth-order valence-corrected chi connectivity index (χ4v) is 4.30. The number of methoxy groups -OCH3 is 1. The van der Waals surface area contributed by atoms with Gasteiger partial charge in [-0.3, -0.25) is 19.8 Å². The van der Waals surface area contributed by atoms with Crippen LogP contribution in [0.4, 0.5) is 11.4 Å². The average molecular weight is 444 g/mol. The second kappa shape index (κ2) is 10.3. The number of aliphatic imine (C=N–C) groups is 1. The highest BCUT2D eigenvalue weighted by Crippen LogP contribution is 2.36. The van der Waals surface area contributed by atoms with Crippen molar-refractivity contribution in [3.8, 4) is 5.75 Å². The minimum Gasteiger partial charge on any atom is -0.494 e. The number of nitro groups is 1. The van der Waals surface area contributed by atoms with E-state index in [1.54, 1.807) is 42.0 Å². The van der Waals surface area contributed by atoms with Crippen LogP contribution in [0.5, 0.6) is 5.75 Å². The number of thioether (sulfide) groups is 2. The lowest BCUT2D eigenvalue weighted by Crippen LogP contribution is -2.30. The fourth-order valence-electron chi connectivity index (χ4n) is 2.86. The van der Waals surface area contributed by atoms with Crippen molar-refractivity contribution in [2.75, 3.05) is 25.7 Å². The lowest BCUT2D eigenvalue weighted by atomic mass is 10.2. The molecule has 0 N–H and O–H groups in total. The van der Waals surface area contributed by atoms with Crippen LogP contribution in [0.3, 0.4) is 0 Å². The number of nitrogens with zero attached hydrogens (tertiary/aromatic N) is 3. The van der Waals surface area contributed by atoms with E-state index in [1.165, 1.54) is 23.9 Å². The van der Waals surface area contributed by atoms with Crippen molar-refractivity contribution in [1.29, 1.82) is 0 Å². The number of benzene rings is 2. The Morgan fingerprint density at radius 1 is 1.27 bits per heavy atom. The highest BCUT2D eigenvalue weighted by molar-refractivity contribution is 8.18. The molecule has 7 nitrogen and oxygen atoms in total. The van der Waals surface area contributed by atoms with Gasteiger partial charge in [0.2, 0.25) is 0 Å². The van der Waals surface area contributed by atoms with Crippen molar-refractivity contribution in [3.63, 3.8) is 0 Å². The van der Waals surface area contributed by atoms with Crippen LogP contribution in [0.1, 0.15) is 12.0 Å². The Morgan fingerprint density at radius 3 is 2.80 bits per heavy atom. The normalized spacial score (nSPS) is 16.5. The van der Waals surface area contributed by atoms with Crippen LogP contribution >= 0.6 is 23.5 Å². The van der Waals surface area contributed by atoms with Gasteiger partial charge in [-0.05, 0) is 54.0 Å². The standard InChI is InChI=1S/C21H21N3O4S2/c1-28-18-10-4-3-9-17(18)22-21-23(11-6-12-29-2)20(25)19(30-21)14-15-7-5-8-16(13-15)24(26)27/h3-5,7-10,13-14H,6,11-12H2,1-2H3/b19-14-,22-21?. The number of ether oxygens (including phenoxy) is 1. The molecule has 0 aliphatic carbocycles. The Hall–Kier alpha value is -2.78. The Bertz CT molecular complexity index is 1010. The zero-order chi connectivity index (χ0) is 21.5. The van der Waals surface area contributed by atoms with E-state index in [0.29, 0.717) is 33.6 Å². The van der Waals surface area contributed by atoms with Gasteiger partial charge in [-0.1, -0.05) is 24.3 Å². The van der Waals surface area contributed by atoms with Crippen LogP contribution in [0.2, 0.25) is 0 Å². The summed E-state index contributed by atoms with van der Waals surface area (Å²) in [6, 6.07) is 13.6. The van der Waals surface area contributed by atoms with Crippen LogP contribution in [0.25, 0.3) is 6.08 Å². The number of hydrogen-bond donors (Lipinski definition) is 0. The van der Waals surface area contributed by atoms with Crippen molar-refractivity contribution >= 4 is 52.0 Å². The fraction of sp³-hybridized carbons (Fsp3) is 0.238. The monoisotopic (exact) mass is 443 g/mol. The van der Waals surface area contributed by atoms with Gasteiger partial charge in [-0.2, -0.15) is 11.8 Å². The van der Waals surface area contributed by atoms with Gasteiger partial charge < -0.3 is 4.74 Å². The van der Waals surface area contributed by atoms with Crippen molar-refractivity contribution in [2.24, 2.45) is 4.99 Å². The number of amides is 1. The number of amidine groups is 1. The molecule has 0 saturated carbocycles. The van der Waals surface area contributed by atoms with E-state index in [4.69, 9.17) is 4.74 Å². The van der Waals surface area contributed by atoms with Crippen molar-refractivity contribution in [1.82, 2.24) is 4.90 Å². The third-order valence-corrected chi connectivity index (χ3v) is 6.00. The highest BCUT2D eigenvalue weighted by atomic mass is 32.2. The summed E-state index contributed by atoms with van der Waals surface area (Å²) in [6.45, 7) is 0.549. The summed E-state index contributed by atoms with van der Waals surface area (Å²) in [4.78, 5) is 30.5. The highest BCUT2D eigenvalue weighted by Gasteiger charge is 2.33. The molecule has 1 aliphatic heterocycles. The predicted molar refractivity (Wildman–Crippen MR) is 123 cm³/mol. The summed E-state index contributed by atoms with van der Waals surface area (Å²) in [5, 5.41) is 11.6. The summed E-state index contributed by atoms with van der Waals surface area (Å²) < 4.78 is 5.37. The Balaban J connectivity index is 1.95. The van der Waals surface area contributed by atoms with Crippen LogP contribution in [0.15, 0.2) is 58.4 Å². The number of hydrogen-bond acceptors (Lipinski definition) is 7.